The van der Waals surface area contributed by atoms with Gasteiger partial charge in [0.25, 0.3) is 15.7 Å². The Morgan fingerprint density at radius 1 is 1.02 bits per heavy atom. The highest BCUT2D eigenvalue weighted by atomic mass is 32.2. The van der Waals surface area contributed by atoms with E-state index in [-0.39, 0.29) is 37.3 Å². The summed E-state index contributed by atoms with van der Waals surface area (Å²) in [6, 6.07) is 4.04. The molecule has 0 spiro atoms. The number of imidazole rings is 1. The largest absolute Gasteiger partial charge is 0.341 e. The summed E-state index contributed by atoms with van der Waals surface area (Å²) in [6.45, 7) is 9.04. The first kappa shape index (κ1) is 33.1. The first-order valence-electron chi connectivity index (χ1n) is 16.2. The van der Waals surface area contributed by atoms with E-state index >= 15 is 0 Å². The molecule has 2 saturated heterocycles. The Bertz CT molecular complexity index is 1490. The number of carbonyl (C=O) groups is 2. The summed E-state index contributed by atoms with van der Waals surface area (Å²) in [5.74, 6) is 1.14. The van der Waals surface area contributed by atoms with Gasteiger partial charge in [-0.1, -0.05) is 39.8 Å². The Balaban J connectivity index is 1.32. The van der Waals surface area contributed by atoms with Crippen molar-refractivity contribution in [3.63, 3.8) is 0 Å². The van der Waals surface area contributed by atoms with Crippen molar-refractivity contribution in [3.8, 4) is 0 Å². The smallest absolute Gasteiger partial charge is 0.289 e. The molecule has 45 heavy (non-hydrogen) atoms. The average Bonchev–Trinajstić information content (AvgIpc) is 3.74. The zero-order chi connectivity index (χ0) is 32.5. The minimum absolute atomic E-state index is 0.0313. The highest BCUT2D eigenvalue weighted by Crippen LogP contribution is 2.37. The molecule has 3 heterocycles. The van der Waals surface area contributed by atoms with Gasteiger partial charge >= 0.3 is 0 Å². The van der Waals surface area contributed by atoms with E-state index < -0.39 is 43.5 Å². The number of nitro groups is 1. The number of nitrogens with zero attached hydrogens (tertiary/aromatic N) is 6. The predicted octanol–water partition coefficient (Wildman–Crippen LogP) is 4.27. The van der Waals surface area contributed by atoms with Crippen molar-refractivity contribution in [2.75, 3.05) is 26.2 Å². The van der Waals surface area contributed by atoms with Gasteiger partial charge in [-0.2, -0.15) is 4.31 Å². The third-order valence-electron chi connectivity index (χ3n) is 9.26. The van der Waals surface area contributed by atoms with Crippen LogP contribution >= 0.6 is 0 Å². The fraction of sp³-hybridized carbons (Fsp3) is 0.656. The number of carbonyl (C=O) groups excluding carboxylic acids is 2. The van der Waals surface area contributed by atoms with E-state index in [1.54, 1.807) is 4.90 Å². The van der Waals surface area contributed by atoms with Crippen molar-refractivity contribution < 1.29 is 22.9 Å². The molecular formula is C32H46N6O6S. The fourth-order valence-corrected chi connectivity index (χ4v) is 8.57. The maximum absolute atomic E-state index is 14.2. The van der Waals surface area contributed by atoms with Gasteiger partial charge in [0.05, 0.1) is 4.92 Å². The van der Waals surface area contributed by atoms with Crippen molar-refractivity contribution >= 4 is 27.5 Å². The van der Waals surface area contributed by atoms with E-state index in [4.69, 9.17) is 0 Å². The SMILES string of the molecule is CC(C)C[C@@H](C(=O)N1CCC(Cc2nccn2C2CC2)CC1)N1CCN(S(=O)(=O)c2ccccc2[N+](=O)[O-])[C@@H](CC(C)C)C1=O. The van der Waals surface area contributed by atoms with Crippen molar-refractivity contribution in [2.45, 2.75) is 95.7 Å². The van der Waals surface area contributed by atoms with Crippen LogP contribution in [0.2, 0.25) is 0 Å². The average molecular weight is 643 g/mol. The quantitative estimate of drug-likeness (QED) is 0.249. The number of hydrogen-bond acceptors (Lipinski definition) is 7. The molecule has 1 saturated carbocycles. The maximum atomic E-state index is 14.2. The summed E-state index contributed by atoms with van der Waals surface area (Å²) in [5.41, 5.74) is -0.525. The number of piperazine rings is 1. The van der Waals surface area contributed by atoms with E-state index in [2.05, 4.69) is 15.7 Å². The molecule has 0 unspecified atom stereocenters. The molecule has 12 nitrogen and oxygen atoms in total. The van der Waals surface area contributed by atoms with Gasteiger partial charge in [-0.25, -0.2) is 13.4 Å². The predicted molar refractivity (Wildman–Crippen MR) is 169 cm³/mol. The molecule has 3 aliphatic rings. The number of benzene rings is 1. The van der Waals surface area contributed by atoms with Crippen LogP contribution in [0.4, 0.5) is 5.69 Å². The number of aromatic nitrogens is 2. The Labute approximate surface area is 266 Å². The molecule has 1 aromatic carbocycles. The second-order valence-electron chi connectivity index (χ2n) is 13.6. The molecule has 5 rings (SSSR count). The summed E-state index contributed by atoms with van der Waals surface area (Å²) in [4.78, 5) is 46.9. The van der Waals surface area contributed by atoms with Crippen LogP contribution in [-0.2, 0) is 26.0 Å². The minimum atomic E-state index is -4.37. The molecule has 0 bridgehead atoms. The standard InChI is InChI=1S/C32H46N6O6S/c1-22(2)19-27(31(39)34-14-11-24(12-15-34)21-30-33-13-16-35(30)25-9-10-25)36-17-18-37(28(32(36)40)20-23(3)4)45(43,44)29-8-6-5-7-26(29)38(41)42/h5-8,13,16,22-25,27-28H,9-12,14-15,17-21H2,1-4H3/t27-,28-/m0/s1. The molecule has 246 valence electrons. The van der Waals surface area contributed by atoms with Gasteiger partial charge in [0.15, 0.2) is 4.90 Å². The minimum Gasteiger partial charge on any atom is -0.341 e. The van der Waals surface area contributed by atoms with Crippen LogP contribution in [0.3, 0.4) is 0 Å². The van der Waals surface area contributed by atoms with Crippen LogP contribution < -0.4 is 0 Å². The zero-order valence-electron chi connectivity index (χ0n) is 26.7. The van der Waals surface area contributed by atoms with E-state index in [9.17, 15) is 28.1 Å². The monoisotopic (exact) mass is 642 g/mol. The number of piperidine rings is 1. The fourth-order valence-electron chi connectivity index (χ4n) is 6.82. The lowest BCUT2D eigenvalue weighted by Crippen LogP contribution is -2.64. The summed E-state index contributed by atoms with van der Waals surface area (Å²) >= 11 is 0. The summed E-state index contributed by atoms with van der Waals surface area (Å²) in [7, 11) is -4.37. The molecule has 13 heteroatoms. The number of para-hydroxylation sites is 1. The third kappa shape index (κ3) is 7.24. The first-order valence-corrected chi connectivity index (χ1v) is 17.7. The first-order chi connectivity index (χ1) is 21.4. The number of amides is 2. The third-order valence-corrected chi connectivity index (χ3v) is 11.2. The van der Waals surface area contributed by atoms with Crippen LogP contribution in [0.1, 0.15) is 78.1 Å². The second kappa shape index (κ2) is 13.6. The molecule has 2 aliphatic heterocycles. The summed E-state index contributed by atoms with van der Waals surface area (Å²) in [5, 5.41) is 11.7. The maximum Gasteiger partial charge on any atom is 0.289 e. The molecule has 3 fully saturated rings. The Morgan fingerprint density at radius 2 is 1.71 bits per heavy atom. The van der Waals surface area contributed by atoms with Crippen LogP contribution in [0.25, 0.3) is 0 Å². The highest BCUT2D eigenvalue weighted by molar-refractivity contribution is 7.89. The zero-order valence-corrected chi connectivity index (χ0v) is 27.6. The summed E-state index contributed by atoms with van der Waals surface area (Å²) in [6.07, 6.45) is 9.68. The normalized spacial score (nSPS) is 21.1. The molecule has 1 aliphatic carbocycles. The van der Waals surface area contributed by atoms with Crippen LogP contribution in [-0.4, -0.2) is 87.1 Å². The Hall–Kier alpha value is -3.32. The van der Waals surface area contributed by atoms with Crippen LogP contribution in [0.15, 0.2) is 41.6 Å². The van der Waals surface area contributed by atoms with Gasteiger partial charge < -0.3 is 14.4 Å². The van der Waals surface area contributed by atoms with Crippen LogP contribution in [0, 0.1) is 27.9 Å². The Kier molecular flexibility index (Phi) is 9.97. The lowest BCUT2D eigenvalue weighted by molar-refractivity contribution is -0.387. The highest BCUT2D eigenvalue weighted by Gasteiger charge is 2.47. The summed E-state index contributed by atoms with van der Waals surface area (Å²) < 4.78 is 31.1. The molecule has 1 aromatic heterocycles. The number of sulfonamides is 1. The molecule has 0 radical (unpaired) electrons. The van der Waals surface area contributed by atoms with Gasteiger partial charge in [-0.05, 0) is 62.3 Å². The Morgan fingerprint density at radius 3 is 2.33 bits per heavy atom. The number of rotatable bonds is 12. The van der Waals surface area contributed by atoms with Gasteiger partial charge in [0.2, 0.25) is 11.8 Å². The molecule has 2 atom stereocenters. The van der Waals surface area contributed by atoms with Crippen LogP contribution in [0.5, 0.6) is 0 Å². The second-order valence-corrected chi connectivity index (χ2v) is 15.5. The van der Waals surface area contributed by atoms with E-state index in [0.717, 1.165) is 35.5 Å². The van der Waals surface area contributed by atoms with Gasteiger partial charge in [-0.3, -0.25) is 19.7 Å². The van der Waals surface area contributed by atoms with Crippen molar-refractivity contribution in [2.24, 2.45) is 17.8 Å². The van der Waals surface area contributed by atoms with Crippen molar-refractivity contribution in [3.05, 3.63) is 52.6 Å². The van der Waals surface area contributed by atoms with Gasteiger partial charge in [0, 0.05) is 57.1 Å². The molecule has 0 N–H and O–H groups in total. The van der Waals surface area contributed by atoms with E-state index in [1.807, 2.05) is 38.8 Å². The van der Waals surface area contributed by atoms with Gasteiger partial charge in [-0.15, -0.1) is 0 Å². The number of nitro benzene ring substituents is 1. The molecule has 2 amide bonds. The van der Waals surface area contributed by atoms with Gasteiger partial charge in [0.1, 0.15) is 17.9 Å². The molecule has 2 aromatic rings. The lowest BCUT2D eigenvalue weighted by Gasteiger charge is -2.45. The van der Waals surface area contributed by atoms with E-state index in [1.165, 1.54) is 31.0 Å². The van der Waals surface area contributed by atoms with Crippen molar-refractivity contribution in [1.82, 2.24) is 23.7 Å². The number of likely N-dealkylation sites (tertiary alicyclic amines) is 1. The molecular weight excluding hydrogens is 596 g/mol. The topological polar surface area (TPSA) is 139 Å². The van der Waals surface area contributed by atoms with E-state index in [0.29, 0.717) is 31.5 Å². The number of hydrogen-bond donors (Lipinski definition) is 0. The lowest BCUT2D eigenvalue weighted by atomic mass is 9.91. The van der Waals surface area contributed by atoms with Crippen molar-refractivity contribution in [1.29, 1.82) is 0 Å².